The second-order valence-electron chi connectivity index (χ2n) is 6.28. The van der Waals surface area contributed by atoms with Gasteiger partial charge in [0.1, 0.15) is 0 Å². The first-order chi connectivity index (χ1) is 13.1. The molecule has 134 valence electrons. The molecule has 0 radical (unpaired) electrons. The highest BCUT2D eigenvalue weighted by Crippen LogP contribution is 2.23. The van der Waals surface area contributed by atoms with Crippen LogP contribution in [0.4, 0.5) is 5.69 Å². The van der Waals surface area contributed by atoms with Gasteiger partial charge in [-0.3, -0.25) is 4.79 Å². The van der Waals surface area contributed by atoms with E-state index in [-0.39, 0.29) is 5.91 Å². The summed E-state index contributed by atoms with van der Waals surface area (Å²) < 4.78 is 2.81. The maximum absolute atomic E-state index is 12.3. The summed E-state index contributed by atoms with van der Waals surface area (Å²) in [6.45, 7) is 1.94. The number of hydrogen-bond donors (Lipinski definition) is 1. The quantitative estimate of drug-likeness (QED) is 0.521. The van der Waals surface area contributed by atoms with Crippen LogP contribution < -0.4 is 5.32 Å². The van der Waals surface area contributed by atoms with Gasteiger partial charge in [-0.05, 0) is 42.8 Å². The van der Waals surface area contributed by atoms with Gasteiger partial charge in [-0.15, -0.1) is 0 Å². The molecule has 6 heteroatoms. The van der Waals surface area contributed by atoms with E-state index in [1.165, 1.54) is 0 Å². The van der Waals surface area contributed by atoms with Gasteiger partial charge in [0.15, 0.2) is 5.65 Å². The Hall–Kier alpha value is -2.99. The molecule has 0 aliphatic carbocycles. The van der Waals surface area contributed by atoms with Gasteiger partial charge in [0.25, 0.3) is 0 Å². The first kappa shape index (κ1) is 17.4. The summed E-state index contributed by atoms with van der Waals surface area (Å²) >= 11 is 3.40. The van der Waals surface area contributed by atoms with Crippen molar-refractivity contribution in [2.75, 3.05) is 5.32 Å². The topological polar surface area (TPSA) is 59.8 Å². The van der Waals surface area contributed by atoms with Crippen molar-refractivity contribution >= 4 is 38.6 Å². The van der Waals surface area contributed by atoms with Gasteiger partial charge >= 0.3 is 0 Å². The van der Waals surface area contributed by atoms with Gasteiger partial charge in [-0.2, -0.15) is 5.10 Å². The van der Waals surface area contributed by atoms with E-state index in [0.29, 0.717) is 12.1 Å². The summed E-state index contributed by atoms with van der Waals surface area (Å²) in [5, 5.41) is 8.43. The largest absolute Gasteiger partial charge is 0.324 e. The lowest BCUT2D eigenvalue weighted by Gasteiger charge is -2.06. The van der Waals surface area contributed by atoms with Crippen LogP contribution in [0, 0.1) is 6.92 Å². The molecule has 0 aliphatic rings. The van der Waals surface area contributed by atoms with E-state index < -0.39 is 0 Å². The number of halogens is 1. The number of anilines is 1. The first-order valence-corrected chi connectivity index (χ1v) is 9.34. The maximum atomic E-state index is 12.3. The fourth-order valence-corrected chi connectivity index (χ4v) is 3.22. The van der Waals surface area contributed by atoms with Crippen LogP contribution >= 0.6 is 15.9 Å². The lowest BCUT2D eigenvalue weighted by Crippen LogP contribution is -2.14. The van der Waals surface area contributed by atoms with Crippen LogP contribution in [0.5, 0.6) is 0 Å². The molecule has 4 aromatic rings. The second kappa shape index (κ2) is 7.32. The van der Waals surface area contributed by atoms with Crippen molar-refractivity contribution < 1.29 is 4.79 Å². The minimum absolute atomic E-state index is 0.0772. The third-order valence-electron chi connectivity index (χ3n) is 4.27. The number of amides is 1. The molecule has 0 aliphatic heterocycles. The molecule has 4 rings (SSSR count). The van der Waals surface area contributed by atoms with Gasteiger partial charge in [0.05, 0.1) is 29.7 Å². The van der Waals surface area contributed by atoms with Crippen LogP contribution in [0.3, 0.4) is 0 Å². The number of rotatable bonds is 4. The number of nitrogens with one attached hydrogen (secondary N) is 1. The molecule has 0 fully saturated rings. The zero-order chi connectivity index (χ0) is 18.8. The molecule has 2 aromatic carbocycles. The van der Waals surface area contributed by atoms with E-state index >= 15 is 0 Å². The van der Waals surface area contributed by atoms with Crippen molar-refractivity contribution in [1.82, 2.24) is 14.8 Å². The summed E-state index contributed by atoms with van der Waals surface area (Å²) in [6, 6.07) is 19.5. The number of hydrogen-bond acceptors (Lipinski definition) is 3. The highest BCUT2D eigenvalue weighted by atomic mass is 79.9. The smallest absolute Gasteiger partial charge is 0.228 e. The fraction of sp³-hybridized carbons (Fsp3) is 0.0952. The van der Waals surface area contributed by atoms with Crippen LogP contribution in [0.25, 0.3) is 16.7 Å². The zero-order valence-corrected chi connectivity index (χ0v) is 16.3. The lowest BCUT2D eigenvalue weighted by molar-refractivity contribution is -0.115. The van der Waals surface area contributed by atoms with Gasteiger partial charge in [-0.1, -0.05) is 46.3 Å². The molecule has 0 atom stereocenters. The Bertz CT molecular complexity index is 1100. The van der Waals surface area contributed by atoms with E-state index in [2.05, 4.69) is 31.3 Å². The molecule has 0 saturated heterocycles. The molecule has 0 saturated carbocycles. The molecule has 2 aromatic heterocycles. The summed E-state index contributed by atoms with van der Waals surface area (Å²) in [6.07, 6.45) is 1.98. The molecule has 1 N–H and O–H groups in total. The van der Waals surface area contributed by atoms with Gasteiger partial charge in [0.2, 0.25) is 5.91 Å². The normalized spacial score (nSPS) is 10.9. The molecule has 1 amide bonds. The molecular formula is C21H17BrN4O. The lowest BCUT2D eigenvalue weighted by atomic mass is 10.1. The number of aryl methyl sites for hydroxylation is 1. The number of carbonyl (C=O) groups excluding carboxylic acids is 1. The van der Waals surface area contributed by atoms with E-state index in [0.717, 1.165) is 32.5 Å². The zero-order valence-electron chi connectivity index (χ0n) is 14.7. The van der Waals surface area contributed by atoms with E-state index in [1.54, 1.807) is 6.20 Å². The number of fused-ring (bicyclic) bond motifs is 1. The molecule has 5 nitrogen and oxygen atoms in total. The van der Waals surface area contributed by atoms with E-state index in [9.17, 15) is 4.79 Å². The first-order valence-electron chi connectivity index (χ1n) is 8.55. The standard InChI is InChI=1S/C21H17BrN4O/c1-14-19-12-17(24-20(27)11-15-7-9-16(22)10-8-15)13-23-21(19)26(25-14)18-5-3-2-4-6-18/h2-10,12-13H,11H2,1H3,(H,24,27). The Labute approximate surface area is 165 Å². The molecule has 0 spiro atoms. The average molecular weight is 421 g/mol. The van der Waals surface area contributed by atoms with Crippen molar-refractivity contribution in [3.63, 3.8) is 0 Å². The van der Waals surface area contributed by atoms with Crippen LogP contribution in [-0.4, -0.2) is 20.7 Å². The highest BCUT2D eigenvalue weighted by Gasteiger charge is 2.12. The summed E-state index contributed by atoms with van der Waals surface area (Å²) in [5.41, 5.74) is 4.21. The Kier molecular flexibility index (Phi) is 4.73. The predicted octanol–water partition coefficient (Wildman–Crippen LogP) is 4.67. The van der Waals surface area contributed by atoms with E-state index in [4.69, 9.17) is 0 Å². The van der Waals surface area contributed by atoms with Crippen molar-refractivity contribution in [2.24, 2.45) is 0 Å². The van der Waals surface area contributed by atoms with Crippen molar-refractivity contribution in [1.29, 1.82) is 0 Å². The minimum atomic E-state index is -0.0772. The monoisotopic (exact) mass is 420 g/mol. The van der Waals surface area contributed by atoms with Crippen LogP contribution in [-0.2, 0) is 11.2 Å². The van der Waals surface area contributed by atoms with Crippen molar-refractivity contribution in [3.05, 3.63) is 82.6 Å². The molecule has 27 heavy (non-hydrogen) atoms. The molecule has 0 unspecified atom stereocenters. The highest BCUT2D eigenvalue weighted by molar-refractivity contribution is 9.10. The maximum Gasteiger partial charge on any atom is 0.228 e. The van der Waals surface area contributed by atoms with E-state index in [1.807, 2.05) is 72.3 Å². The summed E-state index contributed by atoms with van der Waals surface area (Å²) in [4.78, 5) is 16.9. The van der Waals surface area contributed by atoms with Gasteiger partial charge < -0.3 is 5.32 Å². The molecule has 2 heterocycles. The predicted molar refractivity (Wildman–Crippen MR) is 110 cm³/mol. The molecule has 0 bridgehead atoms. The second-order valence-corrected chi connectivity index (χ2v) is 7.20. The number of benzene rings is 2. The number of aromatic nitrogens is 3. The number of para-hydroxylation sites is 1. The van der Waals surface area contributed by atoms with Gasteiger partial charge in [0, 0.05) is 9.86 Å². The van der Waals surface area contributed by atoms with Crippen LogP contribution in [0.2, 0.25) is 0 Å². The third kappa shape index (κ3) is 3.75. The number of nitrogens with zero attached hydrogens (tertiary/aromatic N) is 3. The van der Waals surface area contributed by atoms with Crippen molar-refractivity contribution in [2.45, 2.75) is 13.3 Å². The molecular weight excluding hydrogens is 404 g/mol. The number of carbonyl (C=O) groups is 1. The third-order valence-corrected chi connectivity index (χ3v) is 4.80. The minimum Gasteiger partial charge on any atom is -0.324 e. The summed E-state index contributed by atoms with van der Waals surface area (Å²) in [7, 11) is 0. The van der Waals surface area contributed by atoms with Crippen molar-refractivity contribution in [3.8, 4) is 5.69 Å². The van der Waals surface area contributed by atoms with Crippen LogP contribution in [0.1, 0.15) is 11.3 Å². The SMILES string of the molecule is Cc1nn(-c2ccccc2)c2ncc(NC(=O)Cc3ccc(Br)cc3)cc12. The van der Waals surface area contributed by atoms with Crippen LogP contribution in [0.15, 0.2) is 71.3 Å². The van der Waals surface area contributed by atoms with Gasteiger partial charge in [-0.25, -0.2) is 9.67 Å². The Morgan fingerprint density at radius 1 is 1.11 bits per heavy atom. The Balaban J connectivity index is 1.57. The Morgan fingerprint density at radius 2 is 1.85 bits per heavy atom. The summed E-state index contributed by atoms with van der Waals surface area (Å²) in [5.74, 6) is -0.0772. The average Bonchev–Trinajstić information content (AvgIpc) is 3.01. The number of pyridine rings is 1. The fourth-order valence-electron chi connectivity index (χ4n) is 2.95. The Morgan fingerprint density at radius 3 is 2.59 bits per heavy atom.